The van der Waals surface area contributed by atoms with Crippen LogP contribution >= 0.6 is 23.2 Å². The summed E-state index contributed by atoms with van der Waals surface area (Å²) < 4.78 is 0. The Hall–Kier alpha value is -1.52. The number of nitrogens with one attached hydrogen (secondary N) is 1. The van der Waals surface area contributed by atoms with E-state index >= 15 is 0 Å². The van der Waals surface area contributed by atoms with Crippen LogP contribution in [0.5, 0.6) is 0 Å². The van der Waals surface area contributed by atoms with Crippen LogP contribution in [-0.4, -0.2) is 11.9 Å². The van der Waals surface area contributed by atoms with Crippen molar-refractivity contribution in [2.24, 2.45) is 11.8 Å². The van der Waals surface area contributed by atoms with Gasteiger partial charge in [0.05, 0.1) is 16.0 Å². The van der Waals surface area contributed by atoms with Gasteiger partial charge in [-0.05, 0) is 38.0 Å². The molecule has 0 fully saturated rings. The number of anilines is 1. The molecule has 2 atom stereocenters. The molecule has 1 aromatic carbocycles. The molecule has 6 heteroatoms. The van der Waals surface area contributed by atoms with Crippen LogP contribution in [0.2, 0.25) is 10.0 Å². The summed E-state index contributed by atoms with van der Waals surface area (Å²) in [6, 6.07) is 4.72. The molecule has 1 amide bonds. The van der Waals surface area contributed by atoms with Crippen molar-refractivity contribution in [3.63, 3.8) is 0 Å². The Bertz CT molecular complexity index is 613. The Morgan fingerprint density at radius 2 is 1.95 bits per heavy atom. The third-order valence-electron chi connectivity index (χ3n) is 3.57. The lowest BCUT2D eigenvalue weighted by atomic mass is 9.79. The number of carbonyl (C=O) groups excluding carboxylic acids is 2. The first-order valence-corrected chi connectivity index (χ1v) is 7.26. The SMILES string of the molecule is CC1=CC[C@@H](C(=O)[O-])[C@@H](C(=O)Nc2ccc(Cl)c(Cl)c2)C1. The summed E-state index contributed by atoms with van der Waals surface area (Å²) in [6.45, 7) is 1.88. The van der Waals surface area contributed by atoms with Crippen molar-refractivity contribution in [1.82, 2.24) is 0 Å². The van der Waals surface area contributed by atoms with Gasteiger partial charge in [0.15, 0.2) is 0 Å². The number of amides is 1. The summed E-state index contributed by atoms with van der Waals surface area (Å²) in [5, 5.41) is 14.6. The maximum Gasteiger partial charge on any atom is 0.228 e. The van der Waals surface area contributed by atoms with Crippen molar-refractivity contribution < 1.29 is 14.7 Å². The minimum atomic E-state index is -1.20. The highest BCUT2D eigenvalue weighted by molar-refractivity contribution is 6.42. The molecular weight excluding hydrogens is 313 g/mol. The van der Waals surface area contributed by atoms with Crippen LogP contribution in [-0.2, 0) is 9.59 Å². The standard InChI is InChI=1S/C15H15Cl2NO3/c1-8-2-4-10(15(20)21)11(6-8)14(19)18-9-3-5-12(16)13(17)7-9/h2-3,5,7,10-11H,4,6H2,1H3,(H,18,19)(H,20,21)/p-1/t10-,11+/m1/s1. The number of rotatable bonds is 3. The van der Waals surface area contributed by atoms with E-state index in [0.717, 1.165) is 5.57 Å². The quantitative estimate of drug-likeness (QED) is 0.868. The number of hydrogen-bond donors (Lipinski definition) is 1. The van der Waals surface area contributed by atoms with Crippen LogP contribution in [0.25, 0.3) is 0 Å². The van der Waals surface area contributed by atoms with Gasteiger partial charge in [-0.2, -0.15) is 0 Å². The molecule has 112 valence electrons. The molecule has 2 rings (SSSR count). The van der Waals surface area contributed by atoms with Crippen LogP contribution < -0.4 is 10.4 Å². The second kappa shape index (κ2) is 6.50. The summed E-state index contributed by atoms with van der Waals surface area (Å²) in [5.41, 5.74) is 1.49. The molecule has 0 spiro atoms. The van der Waals surface area contributed by atoms with Gasteiger partial charge in [-0.1, -0.05) is 34.9 Å². The van der Waals surface area contributed by atoms with Gasteiger partial charge < -0.3 is 15.2 Å². The van der Waals surface area contributed by atoms with Crippen molar-refractivity contribution in [1.29, 1.82) is 0 Å². The maximum atomic E-state index is 12.3. The molecular formula is C15H14Cl2NO3-. The lowest BCUT2D eigenvalue weighted by Crippen LogP contribution is -2.42. The number of hydrogen-bond acceptors (Lipinski definition) is 3. The zero-order valence-corrected chi connectivity index (χ0v) is 12.9. The minimum absolute atomic E-state index is 0.313. The van der Waals surface area contributed by atoms with Gasteiger partial charge in [-0.15, -0.1) is 0 Å². The molecule has 0 saturated heterocycles. The second-order valence-electron chi connectivity index (χ2n) is 5.14. The number of aliphatic carboxylic acids is 1. The fourth-order valence-corrected chi connectivity index (χ4v) is 2.71. The van der Waals surface area contributed by atoms with Crippen molar-refractivity contribution in [3.05, 3.63) is 39.9 Å². The fourth-order valence-electron chi connectivity index (χ4n) is 2.41. The van der Waals surface area contributed by atoms with Crippen molar-refractivity contribution in [2.75, 3.05) is 5.32 Å². The number of halogens is 2. The smallest absolute Gasteiger partial charge is 0.228 e. The molecule has 0 heterocycles. The van der Waals surface area contributed by atoms with Gasteiger partial charge in [0.25, 0.3) is 0 Å². The van der Waals surface area contributed by atoms with Crippen molar-refractivity contribution in [2.45, 2.75) is 19.8 Å². The first kappa shape index (κ1) is 15.9. The number of benzene rings is 1. The number of carbonyl (C=O) groups is 2. The van der Waals surface area contributed by atoms with Crippen LogP contribution in [0.3, 0.4) is 0 Å². The van der Waals surface area contributed by atoms with E-state index in [9.17, 15) is 14.7 Å². The van der Waals surface area contributed by atoms with E-state index in [-0.39, 0.29) is 5.91 Å². The molecule has 1 aliphatic rings. The largest absolute Gasteiger partial charge is 0.550 e. The van der Waals surface area contributed by atoms with Crippen LogP contribution in [0.1, 0.15) is 19.8 Å². The lowest BCUT2D eigenvalue weighted by molar-refractivity contribution is -0.313. The first-order valence-electron chi connectivity index (χ1n) is 6.51. The molecule has 1 N–H and O–H groups in total. The van der Waals surface area contributed by atoms with Gasteiger partial charge in [-0.25, -0.2) is 0 Å². The molecule has 21 heavy (non-hydrogen) atoms. The van der Waals surface area contributed by atoms with E-state index in [1.807, 2.05) is 13.0 Å². The highest BCUT2D eigenvalue weighted by atomic mass is 35.5. The highest BCUT2D eigenvalue weighted by Gasteiger charge is 2.31. The second-order valence-corrected chi connectivity index (χ2v) is 5.95. The van der Waals surface area contributed by atoms with Crippen molar-refractivity contribution in [3.8, 4) is 0 Å². The molecule has 0 aromatic heterocycles. The molecule has 1 aromatic rings. The van der Waals surface area contributed by atoms with Crippen molar-refractivity contribution >= 4 is 40.8 Å². The Morgan fingerprint density at radius 3 is 2.57 bits per heavy atom. The van der Waals surface area contributed by atoms with E-state index in [1.165, 1.54) is 6.07 Å². The van der Waals surface area contributed by atoms with Crippen LogP contribution in [0, 0.1) is 11.8 Å². The van der Waals surface area contributed by atoms with E-state index in [4.69, 9.17) is 23.2 Å². The summed E-state index contributed by atoms with van der Waals surface area (Å²) in [5.74, 6) is -3.01. The zero-order valence-electron chi connectivity index (χ0n) is 11.4. The number of allylic oxidation sites excluding steroid dienone is 2. The number of carboxylic acid groups (broad SMARTS) is 1. The van der Waals surface area contributed by atoms with Crippen LogP contribution in [0.4, 0.5) is 5.69 Å². The van der Waals surface area contributed by atoms with Gasteiger partial charge in [0.2, 0.25) is 5.91 Å². The van der Waals surface area contributed by atoms with E-state index in [0.29, 0.717) is 28.6 Å². The zero-order chi connectivity index (χ0) is 15.6. The van der Waals surface area contributed by atoms with Crippen LogP contribution in [0.15, 0.2) is 29.8 Å². The van der Waals surface area contributed by atoms with Gasteiger partial charge in [0, 0.05) is 17.6 Å². The highest BCUT2D eigenvalue weighted by Crippen LogP contribution is 2.31. The Balaban J connectivity index is 2.16. The van der Waals surface area contributed by atoms with E-state index in [2.05, 4.69) is 5.32 Å². The summed E-state index contributed by atoms with van der Waals surface area (Å²) >= 11 is 11.7. The lowest BCUT2D eigenvalue weighted by Gasteiger charge is -2.30. The predicted molar refractivity (Wildman–Crippen MR) is 80.1 cm³/mol. The van der Waals surface area contributed by atoms with E-state index < -0.39 is 17.8 Å². The molecule has 4 nitrogen and oxygen atoms in total. The average molecular weight is 327 g/mol. The van der Waals surface area contributed by atoms with Gasteiger partial charge in [0.1, 0.15) is 0 Å². The monoisotopic (exact) mass is 326 g/mol. The molecule has 0 unspecified atom stereocenters. The van der Waals surface area contributed by atoms with E-state index in [1.54, 1.807) is 12.1 Å². The summed E-state index contributed by atoms with van der Waals surface area (Å²) in [4.78, 5) is 23.5. The molecule has 0 bridgehead atoms. The summed E-state index contributed by atoms with van der Waals surface area (Å²) in [6.07, 6.45) is 2.56. The Labute approximate surface area is 132 Å². The Kier molecular flexibility index (Phi) is 4.91. The third kappa shape index (κ3) is 3.77. The van der Waals surface area contributed by atoms with Gasteiger partial charge in [-0.3, -0.25) is 4.79 Å². The third-order valence-corrected chi connectivity index (χ3v) is 4.31. The topological polar surface area (TPSA) is 69.2 Å². The molecule has 0 aliphatic heterocycles. The molecule has 0 saturated carbocycles. The predicted octanol–water partition coefficient (Wildman–Crippen LogP) is 2.65. The van der Waals surface area contributed by atoms with Gasteiger partial charge >= 0.3 is 0 Å². The summed E-state index contributed by atoms with van der Waals surface area (Å²) in [7, 11) is 0. The normalized spacial score (nSPS) is 21.6. The Morgan fingerprint density at radius 1 is 1.24 bits per heavy atom. The fraction of sp³-hybridized carbons (Fsp3) is 0.333. The first-order chi connectivity index (χ1) is 9.88. The average Bonchev–Trinajstić information content (AvgIpc) is 2.42. The minimum Gasteiger partial charge on any atom is -0.550 e. The number of carboxylic acids is 1. The molecule has 0 radical (unpaired) electrons. The maximum absolute atomic E-state index is 12.3. The molecule has 1 aliphatic carbocycles.